The van der Waals surface area contributed by atoms with Crippen molar-refractivity contribution in [2.75, 3.05) is 5.32 Å². The van der Waals surface area contributed by atoms with Crippen LogP contribution in [0.15, 0.2) is 53.0 Å². The van der Waals surface area contributed by atoms with Crippen LogP contribution in [0.1, 0.15) is 11.6 Å². The first-order valence-electron chi connectivity index (χ1n) is 5.37. The Labute approximate surface area is 113 Å². The monoisotopic (exact) mass is 304 g/mol. The van der Waals surface area contributed by atoms with Gasteiger partial charge in [0, 0.05) is 15.7 Å². The highest BCUT2D eigenvalue weighted by atomic mass is 79.9. The van der Waals surface area contributed by atoms with E-state index in [0.717, 1.165) is 10.2 Å². The molecule has 1 N–H and O–H groups in total. The van der Waals surface area contributed by atoms with Crippen LogP contribution in [-0.2, 0) is 0 Å². The maximum Gasteiger partial charge on any atom is 0.143 e. The van der Waals surface area contributed by atoms with E-state index in [1.54, 1.807) is 18.2 Å². The first kappa shape index (κ1) is 12.6. The molecule has 0 heterocycles. The summed E-state index contributed by atoms with van der Waals surface area (Å²) < 4.78 is 14.5. The summed E-state index contributed by atoms with van der Waals surface area (Å²) in [5, 5.41) is 12.2. The average molecular weight is 305 g/mol. The summed E-state index contributed by atoms with van der Waals surface area (Å²) in [6.45, 7) is 0. The standard InChI is InChI=1S/C14H10BrFN2/c15-11-6-2-4-8-13(11)18-14(9-17)10-5-1-3-7-12(10)16/h1-8,14,18H. The summed E-state index contributed by atoms with van der Waals surface area (Å²) in [7, 11) is 0. The Morgan fingerprint density at radius 1 is 1.11 bits per heavy atom. The van der Waals surface area contributed by atoms with Gasteiger partial charge in [0.15, 0.2) is 0 Å². The van der Waals surface area contributed by atoms with Gasteiger partial charge in [0.2, 0.25) is 0 Å². The van der Waals surface area contributed by atoms with Crippen LogP contribution >= 0.6 is 15.9 Å². The molecule has 18 heavy (non-hydrogen) atoms. The minimum Gasteiger partial charge on any atom is -0.365 e. The fourth-order valence-electron chi connectivity index (χ4n) is 1.62. The molecule has 0 spiro atoms. The van der Waals surface area contributed by atoms with Gasteiger partial charge in [0.1, 0.15) is 11.9 Å². The number of anilines is 1. The third-order valence-corrected chi connectivity index (χ3v) is 3.21. The molecule has 0 radical (unpaired) electrons. The van der Waals surface area contributed by atoms with E-state index in [1.807, 2.05) is 24.3 Å². The van der Waals surface area contributed by atoms with E-state index < -0.39 is 6.04 Å². The van der Waals surface area contributed by atoms with Crippen molar-refractivity contribution in [3.8, 4) is 6.07 Å². The van der Waals surface area contributed by atoms with Crippen LogP contribution in [0.4, 0.5) is 10.1 Å². The minimum absolute atomic E-state index is 0.343. The molecule has 0 bridgehead atoms. The molecule has 2 rings (SSSR count). The molecule has 90 valence electrons. The van der Waals surface area contributed by atoms with Crippen LogP contribution in [0.3, 0.4) is 0 Å². The van der Waals surface area contributed by atoms with Gasteiger partial charge < -0.3 is 5.32 Å². The Hall–Kier alpha value is -1.86. The Kier molecular flexibility index (Phi) is 3.96. The molecule has 0 amide bonds. The van der Waals surface area contributed by atoms with Gasteiger partial charge >= 0.3 is 0 Å². The number of nitriles is 1. The maximum absolute atomic E-state index is 13.6. The van der Waals surface area contributed by atoms with E-state index in [-0.39, 0.29) is 5.82 Å². The third kappa shape index (κ3) is 2.69. The van der Waals surface area contributed by atoms with Crippen LogP contribution in [0.25, 0.3) is 0 Å². The van der Waals surface area contributed by atoms with E-state index in [9.17, 15) is 4.39 Å². The van der Waals surface area contributed by atoms with Gasteiger partial charge in [-0.2, -0.15) is 5.26 Å². The third-order valence-electron chi connectivity index (χ3n) is 2.52. The highest BCUT2D eigenvalue weighted by Gasteiger charge is 2.15. The van der Waals surface area contributed by atoms with Crippen molar-refractivity contribution in [3.05, 3.63) is 64.4 Å². The van der Waals surface area contributed by atoms with Crippen LogP contribution in [0.2, 0.25) is 0 Å². The second kappa shape index (κ2) is 5.65. The second-order valence-electron chi connectivity index (χ2n) is 3.71. The van der Waals surface area contributed by atoms with Gasteiger partial charge in [0.25, 0.3) is 0 Å². The molecule has 0 aliphatic heterocycles. The number of nitrogens with one attached hydrogen (secondary N) is 1. The molecule has 2 aromatic rings. The number of hydrogen-bond acceptors (Lipinski definition) is 2. The summed E-state index contributed by atoms with van der Waals surface area (Å²) in [4.78, 5) is 0. The second-order valence-corrected chi connectivity index (χ2v) is 4.56. The number of hydrogen-bond donors (Lipinski definition) is 1. The smallest absolute Gasteiger partial charge is 0.143 e. The van der Waals surface area contributed by atoms with Crippen LogP contribution < -0.4 is 5.32 Å². The lowest BCUT2D eigenvalue weighted by molar-refractivity contribution is 0.607. The zero-order chi connectivity index (χ0) is 13.0. The van der Waals surface area contributed by atoms with Crippen LogP contribution in [0.5, 0.6) is 0 Å². The zero-order valence-corrected chi connectivity index (χ0v) is 11.0. The van der Waals surface area contributed by atoms with Crippen LogP contribution in [0, 0.1) is 17.1 Å². The fraction of sp³-hybridized carbons (Fsp3) is 0.0714. The fourth-order valence-corrected chi connectivity index (χ4v) is 2.02. The quantitative estimate of drug-likeness (QED) is 0.919. The molecule has 0 aliphatic rings. The highest BCUT2D eigenvalue weighted by molar-refractivity contribution is 9.10. The van der Waals surface area contributed by atoms with Gasteiger partial charge in [-0.3, -0.25) is 0 Å². The van der Waals surface area contributed by atoms with Crippen molar-refractivity contribution in [1.82, 2.24) is 0 Å². The van der Waals surface area contributed by atoms with Crippen molar-refractivity contribution in [3.63, 3.8) is 0 Å². The molecule has 2 aromatic carbocycles. The molecule has 2 nitrogen and oxygen atoms in total. The SMILES string of the molecule is N#CC(Nc1ccccc1Br)c1ccccc1F. The minimum atomic E-state index is -0.718. The highest BCUT2D eigenvalue weighted by Crippen LogP contribution is 2.27. The predicted octanol–water partition coefficient (Wildman–Crippen LogP) is 4.26. The number of para-hydroxylation sites is 1. The molecule has 0 saturated heterocycles. The van der Waals surface area contributed by atoms with E-state index in [2.05, 4.69) is 27.3 Å². The lowest BCUT2D eigenvalue weighted by Crippen LogP contribution is -2.10. The Bertz CT molecular complexity index is 592. The summed E-state index contributed by atoms with van der Waals surface area (Å²) in [5.74, 6) is -0.386. The largest absolute Gasteiger partial charge is 0.365 e. The zero-order valence-electron chi connectivity index (χ0n) is 9.40. The number of nitrogens with zero attached hydrogens (tertiary/aromatic N) is 1. The molecule has 0 saturated carbocycles. The molecule has 1 atom stereocenters. The first-order valence-corrected chi connectivity index (χ1v) is 6.17. The Morgan fingerprint density at radius 2 is 1.78 bits per heavy atom. The lowest BCUT2D eigenvalue weighted by atomic mass is 10.1. The van der Waals surface area contributed by atoms with Crippen molar-refractivity contribution in [1.29, 1.82) is 5.26 Å². The van der Waals surface area contributed by atoms with E-state index in [1.165, 1.54) is 6.07 Å². The van der Waals surface area contributed by atoms with Crippen molar-refractivity contribution >= 4 is 21.6 Å². The summed E-state index contributed by atoms with van der Waals surface area (Å²) >= 11 is 3.38. The van der Waals surface area contributed by atoms with Crippen molar-refractivity contribution < 1.29 is 4.39 Å². The van der Waals surface area contributed by atoms with Gasteiger partial charge in [-0.15, -0.1) is 0 Å². The Morgan fingerprint density at radius 3 is 2.44 bits per heavy atom. The van der Waals surface area contributed by atoms with Gasteiger partial charge in [0.05, 0.1) is 6.07 Å². The topological polar surface area (TPSA) is 35.8 Å². The number of halogens is 2. The molecule has 0 aliphatic carbocycles. The predicted molar refractivity (Wildman–Crippen MR) is 72.5 cm³/mol. The molecular formula is C14H10BrFN2. The van der Waals surface area contributed by atoms with Crippen molar-refractivity contribution in [2.24, 2.45) is 0 Å². The lowest BCUT2D eigenvalue weighted by Gasteiger charge is -2.15. The van der Waals surface area contributed by atoms with Gasteiger partial charge in [-0.1, -0.05) is 30.3 Å². The number of benzene rings is 2. The summed E-state index contributed by atoms with van der Waals surface area (Å²) in [6.07, 6.45) is 0. The first-order chi connectivity index (χ1) is 8.72. The summed E-state index contributed by atoms with van der Waals surface area (Å²) in [6, 6.07) is 15.0. The van der Waals surface area contributed by atoms with E-state index in [0.29, 0.717) is 5.56 Å². The molecular weight excluding hydrogens is 295 g/mol. The molecule has 1 unspecified atom stereocenters. The maximum atomic E-state index is 13.6. The average Bonchev–Trinajstić information content (AvgIpc) is 2.39. The number of rotatable bonds is 3. The van der Waals surface area contributed by atoms with Gasteiger partial charge in [-0.05, 0) is 34.1 Å². The molecule has 4 heteroatoms. The summed E-state index contributed by atoms with van der Waals surface area (Å²) in [5.41, 5.74) is 1.10. The Balaban J connectivity index is 2.30. The molecule has 0 fully saturated rings. The van der Waals surface area contributed by atoms with E-state index >= 15 is 0 Å². The normalized spacial score (nSPS) is 11.6. The van der Waals surface area contributed by atoms with E-state index in [4.69, 9.17) is 5.26 Å². The van der Waals surface area contributed by atoms with Gasteiger partial charge in [-0.25, -0.2) is 4.39 Å². The molecule has 0 aromatic heterocycles. The van der Waals surface area contributed by atoms with Crippen molar-refractivity contribution in [2.45, 2.75) is 6.04 Å². The van der Waals surface area contributed by atoms with Crippen LogP contribution in [-0.4, -0.2) is 0 Å².